The van der Waals surface area contributed by atoms with Crippen molar-refractivity contribution in [2.75, 3.05) is 0 Å². The fourth-order valence-electron chi connectivity index (χ4n) is 13.7. The summed E-state index contributed by atoms with van der Waals surface area (Å²) < 4.78 is 0. The van der Waals surface area contributed by atoms with Gasteiger partial charge in [-0.05, 0) is 232 Å². The predicted octanol–water partition coefficient (Wildman–Crippen LogP) is 23.0. The summed E-state index contributed by atoms with van der Waals surface area (Å²) in [7, 11) is 0. The molecule has 0 radical (unpaired) electrons. The number of fused-ring (bicyclic) bond motifs is 4. The lowest BCUT2D eigenvalue weighted by Crippen LogP contribution is -1.94. The van der Waals surface area contributed by atoms with Crippen molar-refractivity contribution in [2.24, 2.45) is 0 Å². The highest BCUT2D eigenvalue weighted by Gasteiger charge is 2.17. The number of hydrogen-bond donors (Lipinski definition) is 0. The maximum Gasteiger partial charge on any atom is 0.0900 e. The van der Waals surface area contributed by atoms with Gasteiger partial charge in [0.2, 0.25) is 0 Å². The molecule has 0 spiro atoms. The molecule has 106 heavy (non-hydrogen) atoms. The van der Waals surface area contributed by atoms with Gasteiger partial charge in [0.25, 0.3) is 0 Å². The zero-order valence-electron chi connectivity index (χ0n) is 57.1. The van der Waals surface area contributed by atoms with Gasteiger partial charge in [-0.15, -0.1) is 0 Å². The van der Waals surface area contributed by atoms with E-state index in [9.17, 15) is 0 Å². The van der Waals surface area contributed by atoms with Crippen molar-refractivity contribution in [1.82, 2.24) is 54.8 Å². The molecule has 0 fully saturated rings. The molecule has 0 bridgehead atoms. The van der Waals surface area contributed by atoms with E-state index in [1.807, 2.05) is 104 Å². The van der Waals surface area contributed by atoms with Crippen LogP contribution in [0.3, 0.4) is 0 Å². The normalized spacial score (nSPS) is 11.2. The first-order valence-electron chi connectivity index (χ1n) is 35.0. The van der Waals surface area contributed by atoms with Crippen LogP contribution in [0.25, 0.3) is 189 Å². The van der Waals surface area contributed by atoms with E-state index in [4.69, 9.17) is 24.9 Å². The molecule has 0 aliphatic rings. The maximum absolute atomic E-state index is 5.14. The molecule has 11 heterocycles. The summed E-state index contributed by atoms with van der Waals surface area (Å²) in [6.07, 6.45) is 18.3. The van der Waals surface area contributed by atoms with Crippen molar-refractivity contribution in [1.29, 1.82) is 0 Å². The second-order valence-corrected chi connectivity index (χ2v) is 26.0. The molecule has 11 nitrogen and oxygen atoms in total. The smallest absolute Gasteiger partial charge is 0.0900 e. The van der Waals surface area contributed by atoms with Crippen molar-refractivity contribution < 1.29 is 0 Å². The molecular weight excluding hydrogens is 1300 g/mol. The first-order chi connectivity index (χ1) is 52.4. The van der Waals surface area contributed by atoms with E-state index in [1.165, 1.54) is 0 Å². The lowest BCUT2D eigenvalue weighted by atomic mass is 9.95. The standard InChI is InChI=1S/C50H32N6.C45H29N5/c1-5-37(29-51-17-1)41-23-42(38-6-2-18-52-30-38)26-45(25-41)49-15-11-35-21-33(9-13-47(35)55-49)34-10-14-48-36(22-34)12-16-50(56-48)46-27-43(39-7-3-19-53-31-39)24-44(28-46)40-8-4-20-54-32-40;1-2-9-30(10-3-1)38-21-17-35-26-32(15-19-40(35)48-38)33-16-20-41-36(27-33)18-22-39(49-41)34-12-8-11-31(25-34)37-28-44(42-13-4-6-23-46-42)50-45(29-37)43-14-5-7-24-47-43/h1-32H;1-29H. The van der Waals surface area contributed by atoms with Crippen molar-refractivity contribution in [2.45, 2.75) is 0 Å². The first kappa shape index (κ1) is 63.6. The van der Waals surface area contributed by atoms with E-state index in [1.54, 1.807) is 37.2 Å². The summed E-state index contributed by atoms with van der Waals surface area (Å²) in [6, 6.07) is 107. The number of pyridine rings is 11. The van der Waals surface area contributed by atoms with E-state index >= 15 is 0 Å². The van der Waals surface area contributed by atoms with E-state index in [-0.39, 0.29) is 0 Å². The Morgan fingerprint density at radius 1 is 0.142 bits per heavy atom. The van der Waals surface area contributed by atoms with Crippen LogP contribution in [0, 0.1) is 0 Å². The minimum absolute atomic E-state index is 0.799. The highest BCUT2D eigenvalue weighted by molar-refractivity contribution is 5.94. The average Bonchev–Trinajstić information content (AvgIpc) is 0.855. The van der Waals surface area contributed by atoms with Crippen molar-refractivity contribution in [3.8, 4) is 146 Å². The Kier molecular flexibility index (Phi) is 17.1. The highest BCUT2D eigenvalue weighted by atomic mass is 14.8. The summed E-state index contributed by atoms with van der Waals surface area (Å²) in [6.45, 7) is 0. The van der Waals surface area contributed by atoms with E-state index < -0.39 is 0 Å². The summed E-state index contributed by atoms with van der Waals surface area (Å²) in [5.74, 6) is 0. The molecule has 0 N–H and O–H groups in total. The molecule has 11 heteroatoms. The van der Waals surface area contributed by atoms with Gasteiger partial charge in [0.1, 0.15) is 0 Å². The molecule has 0 aliphatic heterocycles. The molecule has 0 atom stereocenters. The van der Waals surface area contributed by atoms with Crippen LogP contribution in [0.5, 0.6) is 0 Å². The zero-order chi connectivity index (χ0) is 70.5. The van der Waals surface area contributed by atoms with Gasteiger partial charge >= 0.3 is 0 Å². The molecule has 0 amide bonds. The van der Waals surface area contributed by atoms with Gasteiger partial charge in [0.05, 0.1) is 67.6 Å². The van der Waals surface area contributed by atoms with Crippen LogP contribution >= 0.6 is 0 Å². The Morgan fingerprint density at radius 2 is 0.443 bits per heavy atom. The highest BCUT2D eigenvalue weighted by Crippen LogP contribution is 2.39. The Bertz CT molecular complexity index is 6050. The minimum atomic E-state index is 0.799. The number of nitrogens with zero attached hydrogens (tertiary/aromatic N) is 11. The van der Waals surface area contributed by atoms with E-state index in [0.717, 1.165) is 189 Å². The molecule has 0 unspecified atom stereocenters. The van der Waals surface area contributed by atoms with Crippen molar-refractivity contribution in [3.63, 3.8) is 0 Å². The van der Waals surface area contributed by atoms with Crippen LogP contribution in [0.2, 0.25) is 0 Å². The number of aromatic nitrogens is 11. The summed E-state index contributed by atoms with van der Waals surface area (Å²) in [5.41, 5.74) is 30.2. The SMILES string of the molecule is c1ccc(-c2ccc3cc(-c4ccc5nc(-c6cccc(-c7cc(-c8ccccn8)nc(-c8ccccn8)c7)c6)ccc5c4)ccc3n2)cc1.c1cncc(-c2cc(-c3cccnc3)cc(-c3ccc4cc(-c5ccc6nc(-c7cc(-c8cccnc8)cc(-c8cccnc8)c7)ccc6c5)ccc4n3)c2)c1. The fourth-order valence-corrected chi connectivity index (χ4v) is 13.7. The molecule has 8 aromatic carbocycles. The Labute approximate surface area is 611 Å². The molecule has 19 aromatic rings. The van der Waals surface area contributed by atoms with Crippen LogP contribution in [0.1, 0.15) is 0 Å². The molecular formula is C95H61N11. The predicted molar refractivity (Wildman–Crippen MR) is 429 cm³/mol. The maximum atomic E-state index is 5.14. The second kappa shape index (κ2) is 28.5. The van der Waals surface area contributed by atoms with Crippen LogP contribution in [-0.4, -0.2) is 54.8 Å². The van der Waals surface area contributed by atoms with Gasteiger partial charge in [-0.3, -0.25) is 29.9 Å². The van der Waals surface area contributed by atoms with Crippen LogP contribution in [0.4, 0.5) is 0 Å². The Balaban J connectivity index is 0.000000151. The van der Waals surface area contributed by atoms with Crippen LogP contribution in [0.15, 0.2) is 371 Å². The number of hydrogen-bond acceptors (Lipinski definition) is 11. The summed E-state index contributed by atoms with van der Waals surface area (Å²) in [4.78, 5) is 51.8. The average molecular weight is 1360 g/mol. The van der Waals surface area contributed by atoms with Crippen LogP contribution in [-0.2, 0) is 0 Å². The van der Waals surface area contributed by atoms with E-state index in [2.05, 4.69) is 260 Å². The van der Waals surface area contributed by atoms with Gasteiger partial charge in [0, 0.05) is 128 Å². The van der Waals surface area contributed by atoms with Gasteiger partial charge in [0.15, 0.2) is 0 Å². The van der Waals surface area contributed by atoms with Gasteiger partial charge in [-0.1, -0.05) is 133 Å². The van der Waals surface area contributed by atoms with E-state index in [0.29, 0.717) is 0 Å². The molecule has 496 valence electrons. The monoisotopic (exact) mass is 1360 g/mol. The second-order valence-electron chi connectivity index (χ2n) is 26.0. The topological polar surface area (TPSA) is 142 Å². The Morgan fingerprint density at radius 3 is 0.802 bits per heavy atom. The third-order valence-corrected chi connectivity index (χ3v) is 19.1. The zero-order valence-corrected chi connectivity index (χ0v) is 57.1. The quantitative estimate of drug-likeness (QED) is 0.109. The largest absolute Gasteiger partial charge is 0.264 e. The Hall–Kier alpha value is -14.6. The van der Waals surface area contributed by atoms with Crippen molar-refractivity contribution in [3.05, 3.63) is 371 Å². The third kappa shape index (κ3) is 13.5. The fraction of sp³-hybridized carbons (Fsp3) is 0. The van der Waals surface area contributed by atoms with Gasteiger partial charge in [-0.2, -0.15) is 0 Å². The third-order valence-electron chi connectivity index (χ3n) is 19.1. The molecule has 11 aromatic heterocycles. The number of rotatable bonds is 13. The molecule has 19 rings (SSSR count). The first-order valence-corrected chi connectivity index (χ1v) is 35.0. The molecule has 0 saturated carbocycles. The summed E-state index contributed by atoms with van der Waals surface area (Å²) in [5, 5.41) is 4.36. The van der Waals surface area contributed by atoms with Crippen LogP contribution < -0.4 is 0 Å². The lowest BCUT2D eigenvalue weighted by molar-refractivity contribution is 1.22. The minimum Gasteiger partial charge on any atom is -0.264 e. The van der Waals surface area contributed by atoms with Crippen molar-refractivity contribution >= 4 is 43.6 Å². The number of benzene rings is 8. The molecule has 0 aliphatic carbocycles. The summed E-state index contributed by atoms with van der Waals surface area (Å²) >= 11 is 0. The van der Waals surface area contributed by atoms with Gasteiger partial charge < -0.3 is 0 Å². The van der Waals surface area contributed by atoms with Gasteiger partial charge in [-0.25, -0.2) is 24.9 Å². The lowest BCUT2D eigenvalue weighted by Gasteiger charge is -2.12. The molecule has 0 saturated heterocycles.